The molecule has 1 atom stereocenters. The molecule has 0 aromatic rings. The van der Waals surface area contributed by atoms with Crippen LogP contribution in [0.15, 0.2) is 0 Å². The lowest BCUT2D eigenvalue weighted by molar-refractivity contribution is -0.140. The molecule has 0 aromatic heterocycles. The van der Waals surface area contributed by atoms with Gasteiger partial charge in [-0.25, -0.2) is 0 Å². The van der Waals surface area contributed by atoms with Gasteiger partial charge >= 0.3 is 5.97 Å². The molecule has 0 aliphatic carbocycles. The molecule has 0 aliphatic rings. The lowest BCUT2D eigenvalue weighted by Crippen LogP contribution is -2.18. The van der Waals surface area contributed by atoms with E-state index in [0.717, 1.165) is 51.2 Å². The lowest BCUT2D eigenvalue weighted by Gasteiger charge is -2.15. The van der Waals surface area contributed by atoms with Crippen LogP contribution in [0.1, 0.15) is 64.7 Å². The summed E-state index contributed by atoms with van der Waals surface area (Å²) in [7, 11) is 0. The van der Waals surface area contributed by atoms with Crippen LogP contribution in [0.25, 0.3) is 0 Å². The first-order valence-corrected chi connectivity index (χ1v) is 6.97. The van der Waals surface area contributed by atoms with Crippen LogP contribution >= 0.6 is 0 Å². The molecular weight excluding hydrogens is 232 g/mol. The molecule has 0 amide bonds. The van der Waals surface area contributed by atoms with Crippen LogP contribution in [0.2, 0.25) is 0 Å². The number of carbonyl (C=O) groups excluding carboxylic acids is 1. The van der Waals surface area contributed by atoms with E-state index in [4.69, 9.17) is 9.84 Å². The van der Waals surface area contributed by atoms with Crippen molar-refractivity contribution in [3.63, 3.8) is 0 Å². The number of aldehydes is 1. The van der Waals surface area contributed by atoms with Crippen molar-refractivity contribution in [2.45, 2.75) is 70.8 Å². The Labute approximate surface area is 110 Å². The molecule has 0 aromatic carbocycles. The van der Waals surface area contributed by atoms with Crippen molar-refractivity contribution in [3.05, 3.63) is 0 Å². The van der Waals surface area contributed by atoms with Crippen molar-refractivity contribution in [2.75, 3.05) is 6.61 Å². The number of carboxylic acid groups (broad SMARTS) is 1. The van der Waals surface area contributed by atoms with Gasteiger partial charge in [-0.1, -0.05) is 32.6 Å². The van der Waals surface area contributed by atoms with Gasteiger partial charge in [-0.15, -0.1) is 0 Å². The monoisotopic (exact) mass is 258 g/mol. The highest BCUT2D eigenvalue weighted by Gasteiger charge is 2.13. The molecule has 0 bridgehead atoms. The van der Waals surface area contributed by atoms with E-state index >= 15 is 0 Å². The SMILES string of the molecule is CCCCOC(CCCCCCC=O)CC(=O)O. The van der Waals surface area contributed by atoms with E-state index in [1.165, 1.54) is 0 Å². The third kappa shape index (κ3) is 11.6. The van der Waals surface area contributed by atoms with Crippen molar-refractivity contribution in [1.82, 2.24) is 0 Å². The molecule has 0 saturated heterocycles. The maximum atomic E-state index is 10.7. The Morgan fingerprint density at radius 1 is 1.22 bits per heavy atom. The molecule has 0 rings (SSSR count). The second-order valence-corrected chi connectivity index (χ2v) is 4.60. The third-order valence-corrected chi connectivity index (χ3v) is 2.85. The van der Waals surface area contributed by atoms with Crippen molar-refractivity contribution >= 4 is 12.3 Å². The molecule has 0 radical (unpaired) electrons. The standard InChI is InChI=1S/C14H26O4/c1-2-3-11-18-13(12-14(16)17)9-7-5-4-6-8-10-15/h10,13H,2-9,11-12H2,1H3,(H,16,17). The Bertz CT molecular complexity index is 216. The van der Waals surface area contributed by atoms with E-state index < -0.39 is 5.97 Å². The average molecular weight is 258 g/mol. The summed E-state index contributed by atoms with van der Waals surface area (Å²) < 4.78 is 5.58. The smallest absolute Gasteiger partial charge is 0.305 e. The van der Waals surface area contributed by atoms with E-state index in [2.05, 4.69) is 6.92 Å². The molecule has 4 nitrogen and oxygen atoms in total. The minimum absolute atomic E-state index is 0.0953. The van der Waals surface area contributed by atoms with E-state index in [1.807, 2.05) is 0 Å². The first-order valence-electron chi connectivity index (χ1n) is 6.97. The summed E-state index contributed by atoms with van der Waals surface area (Å²) in [5.74, 6) is -0.794. The first-order chi connectivity index (χ1) is 8.70. The first kappa shape index (κ1) is 17.1. The zero-order valence-electron chi connectivity index (χ0n) is 11.4. The van der Waals surface area contributed by atoms with Gasteiger partial charge in [0.25, 0.3) is 0 Å². The molecular formula is C14H26O4. The number of rotatable bonds is 13. The molecule has 0 spiro atoms. The molecule has 1 N–H and O–H groups in total. The van der Waals surface area contributed by atoms with Gasteiger partial charge in [0.2, 0.25) is 0 Å². The van der Waals surface area contributed by atoms with E-state index in [9.17, 15) is 9.59 Å². The zero-order valence-corrected chi connectivity index (χ0v) is 11.4. The topological polar surface area (TPSA) is 63.6 Å². The summed E-state index contributed by atoms with van der Waals surface area (Å²) in [6.07, 6.45) is 8.35. The number of hydrogen-bond acceptors (Lipinski definition) is 3. The maximum absolute atomic E-state index is 10.7. The number of aliphatic carboxylic acids is 1. The van der Waals surface area contributed by atoms with Crippen LogP contribution in [0.3, 0.4) is 0 Å². The number of ether oxygens (including phenoxy) is 1. The Balaban J connectivity index is 3.64. The van der Waals surface area contributed by atoms with Crippen LogP contribution in [0, 0.1) is 0 Å². The van der Waals surface area contributed by atoms with Gasteiger partial charge in [0.05, 0.1) is 12.5 Å². The maximum Gasteiger partial charge on any atom is 0.305 e. The summed E-state index contributed by atoms with van der Waals surface area (Å²) in [6, 6.07) is 0. The third-order valence-electron chi connectivity index (χ3n) is 2.85. The van der Waals surface area contributed by atoms with Crippen LogP contribution < -0.4 is 0 Å². The number of carboxylic acids is 1. The minimum Gasteiger partial charge on any atom is -0.481 e. The van der Waals surface area contributed by atoms with Crippen LogP contribution in [0.5, 0.6) is 0 Å². The summed E-state index contributed by atoms with van der Waals surface area (Å²) in [5, 5.41) is 8.79. The minimum atomic E-state index is -0.794. The largest absolute Gasteiger partial charge is 0.481 e. The number of carbonyl (C=O) groups is 2. The Morgan fingerprint density at radius 3 is 2.56 bits per heavy atom. The Hall–Kier alpha value is -0.900. The highest BCUT2D eigenvalue weighted by molar-refractivity contribution is 5.67. The normalized spacial score (nSPS) is 12.3. The van der Waals surface area contributed by atoms with Crippen molar-refractivity contribution < 1.29 is 19.4 Å². The highest BCUT2D eigenvalue weighted by atomic mass is 16.5. The fraction of sp³-hybridized carbons (Fsp3) is 0.857. The summed E-state index contributed by atoms with van der Waals surface area (Å²) in [5.41, 5.74) is 0. The van der Waals surface area contributed by atoms with Crippen molar-refractivity contribution in [3.8, 4) is 0 Å². The van der Waals surface area contributed by atoms with E-state index in [-0.39, 0.29) is 12.5 Å². The molecule has 18 heavy (non-hydrogen) atoms. The molecule has 4 heteroatoms. The summed E-state index contributed by atoms with van der Waals surface area (Å²) in [6.45, 7) is 2.74. The van der Waals surface area contributed by atoms with E-state index in [1.54, 1.807) is 0 Å². The van der Waals surface area contributed by atoms with Crippen LogP contribution in [-0.4, -0.2) is 30.1 Å². The van der Waals surface area contributed by atoms with Gasteiger partial charge in [-0.05, 0) is 19.3 Å². The van der Waals surface area contributed by atoms with Gasteiger partial charge in [-0.3, -0.25) is 4.79 Å². The fourth-order valence-electron chi connectivity index (χ4n) is 1.79. The van der Waals surface area contributed by atoms with Gasteiger partial charge in [0.1, 0.15) is 6.29 Å². The quantitative estimate of drug-likeness (QED) is 0.407. The molecule has 0 aliphatic heterocycles. The van der Waals surface area contributed by atoms with Crippen molar-refractivity contribution in [1.29, 1.82) is 0 Å². The van der Waals surface area contributed by atoms with Gasteiger partial charge in [-0.2, -0.15) is 0 Å². The second kappa shape index (κ2) is 12.6. The van der Waals surface area contributed by atoms with Gasteiger partial charge in [0.15, 0.2) is 0 Å². The lowest BCUT2D eigenvalue weighted by atomic mass is 10.1. The van der Waals surface area contributed by atoms with Gasteiger partial charge < -0.3 is 14.6 Å². The second-order valence-electron chi connectivity index (χ2n) is 4.60. The average Bonchev–Trinajstić information content (AvgIpc) is 2.33. The summed E-state index contributed by atoms with van der Waals surface area (Å²) >= 11 is 0. The number of unbranched alkanes of at least 4 members (excludes halogenated alkanes) is 5. The highest BCUT2D eigenvalue weighted by Crippen LogP contribution is 2.12. The van der Waals surface area contributed by atoms with E-state index in [0.29, 0.717) is 13.0 Å². The molecule has 106 valence electrons. The summed E-state index contributed by atoms with van der Waals surface area (Å²) in [4.78, 5) is 20.8. The van der Waals surface area contributed by atoms with Crippen LogP contribution in [-0.2, 0) is 14.3 Å². The van der Waals surface area contributed by atoms with Crippen molar-refractivity contribution in [2.24, 2.45) is 0 Å². The number of hydrogen-bond donors (Lipinski definition) is 1. The fourth-order valence-corrected chi connectivity index (χ4v) is 1.79. The predicted molar refractivity (Wildman–Crippen MR) is 70.7 cm³/mol. The molecule has 1 unspecified atom stereocenters. The molecule has 0 fully saturated rings. The Morgan fingerprint density at radius 2 is 1.94 bits per heavy atom. The molecule has 0 saturated carbocycles. The molecule has 0 heterocycles. The predicted octanol–water partition coefficient (Wildman–Crippen LogP) is 3.19. The Kier molecular flexibility index (Phi) is 11.9. The van der Waals surface area contributed by atoms with Crippen LogP contribution in [0.4, 0.5) is 0 Å². The zero-order chi connectivity index (χ0) is 13.6. The van der Waals surface area contributed by atoms with Gasteiger partial charge in [0, 0.05) is 13.0 Å².